The summed E-state index contributed by atoms with van der Waals surface area (Å²) in [6.07, 6.45) is 7.52. The molecule has 17 heavy (non-hydrogen) atoms. The number of fused-ring (bicyclic) bond motifs is 2. The van der Waals surface area contributed by atoms with Crippen LogP contribution in [0.3, 0.4) is 0 Å². The van der Waals surface area contributed by atoms with Crippen molar-refractivity contribution < 1.29 is 4.79 Å². The molecule has 3 rings (SSSR count). The lowest BCUT2D eigenvalue weighted by atomic mass is 9.83. The van der Waals surface area contributed by atoms with Crippen molar-refractivity contribution in [2.45, 2.75) is 4.08 Å². The van der Waals surface area contributed by atoms with Crippen LogP contribution in [0, 0.1) is 0 Å². The van der Waals surface area contributed by atoms with E-state index >= 15 is 0 Å². The zero-order valence-electron chi connectivity index (χ0n) is 8.92. The minimum absolute atomic E-state index is 0.0509. The first-order chi connectivity index (χ1) is 8.09. The summed E-state index contributed by atoms with van der Waals surface area (Å²) in [4.78, 5) is 12.3. The molecular formula is C14H10OS2. The van der Waals surface area contributed by atoms with Gasteiger partial charge in [-0.25, -0.2) is 0 Å². The highest BCUT2D eigenvalue weighted by Gasteiger charge is 2.34. The van der Waals surface area contributed by atoms with Crippen LogP contribution >= 0.6 is 25.3 Å². The zero-order valence-corrected chi connectivity index (χ0v) is 10.7. The third-order valence-electron chi connectivity index (χ3n) is 3.03. The number of ketones is 1. The fourth-order valence-electron chi connectivity index (χ4n) is 2.17. The van der Waals surface area contributed by atoms with E-state index in [2.05, 4.69) is 25.3 Å². The third kappa shape index (κ3) is 1.61. The summed E-state index contributed by atoms with van der Waals surface area (Å²) in [5.74, 6) is 0.0509. The second-order valence-corrected chi connectivity index (χ2v) is 5.90. The van der Waals surface area contributed by atoms with Gasteiger partial charge in [-0.15, -0.1) is 0 Å². The second kappa shape index (κ2) is 3.65. The lowest BCUT2D eigenvalue weighted by Gasteiger charge is -2.30. The highest BCUT2D eigenvalue weighted by atomic mass is 32.2. The molecule has 0 unspecified atom stereocenters. The highest BCUT2D eigenvalue weighted by molar-refractivity contribution is 8.01. The molecular weight excluding hydrogens is 248 g/mol. The van der Waals surface area contributed by atoms with Gasteiger partial charge < -0.3 is 0 Å². The van der Waals surface area contributed by atoms with Gasteiger partial charge in [-0.1, -0.05) is 42.5 Å². The number of hydrogen-bond donors (Lipinski definition) is 2. The van der Waals surface area contributed by atoms with Crippen LogP contribution in [0.15, 0.2) is 53.6 Å². The number of hydrogen-bond acceptors (Lipinski definition) is 3. The molecule has 84 valence electrons. The summed E-state index contributed by atoms with van der Waals surface area (Å²) in [7, 11) is 0. The minimum atomic E-state index is -0.673. The maximum absolute atomic E-state index is 12.3. The predicted molar refractivity (Wildman–Crippen MR) is 76.7 cm³/mol. The molecule has 0 heterocycles. The van der Waals surface area contributed by atoms with Crippen molar-refractivity contribution in [2.24, 2.45) is 0 Å². The van der Waals surface area contributed by atoms with Gasteiger partial charge in [-0.05, 0) is 17.2 Å². The lowest BCUT2D eigenvalue weighted by molar-refractivity contribution is 0.103. The van der Waals surface area contributed by atoms with Crippen molar-refractivity contribution in [1.82, 2.24) is 0 Å². The van der Waals surface area contributed by atoms with Crippen molar-refractivity contribution in [2.75, 3.05) is 0 Å². The molecule has 0 amide bonds. The quantitative estimate of drug-likeness (QED) is 0.539. The predicted octanol–water partition coefficient (Wildman–Crippen LogP) is 3.32. The van der Waals surface area contributed by atoms with E-state index in [0.29, 0.717) is 5.57 Å². The molecule has 0 aromatic heterocycles. The number of thiol groups is 2. The van der Waals surface area contributed by atoms with Crippen LogP contribution < -0.4 is 0 Å². The fourth-order valence-corrected chi connectivity index (χ4v) is 2.71. The van der Waals surface area contributed by atoms with E-state index in [1.165, 1.54) is 0 Å². The molecule has 0 spiro atoms. The van der Waals surface area contributed by atoms with E-state index in [4.69, 9.17) is 0 Å². The van der Waals surface area contributed by atoms with Crippen LogP contribution in [0.5, 0.6) is 0 Å². The summed E-state index contributed by atoms with van der Waals surface area (Å²) in [5, 5.41) is 0. The number of Topliss-reactive ketones (excluding diaryl/α,β-unsaturated/α-hetero) is 1. The van der Waals surface area contributed by atoms with Gasteiger partial charge in [0.15, 0.2) is 5.78 Å². The van der Waals surface area contributed by atoms with Crippen molar-refractivity contribution in [3.8, 4) is 0 Å². The monoisotopic (exact) mass is 258 g/mol. The molecule has 0 aliphatic heterocycles. The maximum Gasteiger partial charge on any atom is 0.193 e. The average Bonchev–Trinajstić information content (AvgIpc) is 2.31. The van der Waals surface area contributed by atoms with Crippen molar-refractivity contribution in [3.05, 3.63) is 64.8 Å². The Hall–Kier alpha value is -1.19. The molecule has 1 nitrogen and oxygen atoms in total. The topological polar surface area (TPSA) is 17.1 Å². The lowest BCUT2D eigenvalue weighted by Crippen LogP contribution is -2.24. The SMILES string of the molecule is O=C1C2=CC=CC(S)(S)C2=Cc2ccccc21. The van der Waals surface area contributed by atoms with Crippen LogP contribution in [0.25, 0.3) is 6.08 Å². The molecule has 2 aliphatic carbocycles. The summed E-state index contributed by atoms with van der Waals surface area (Å²) in [6.45, 7) is 0. The first kappa shape index (κ1) is 10.9. The van der Waals surface area contributed by atoms with E-state index in [1.807, 2.05) is 48.6 Å². The summed E-state index contributed by atoms with van der Waals surface area (Å²) >= 11 is 8.98. The van der Waals surface area contributed by atoms with Gasteiger partial charge in [0.05, 0.1) is 4.08 Å². The molecule has 0 saturated heterocycles. The molecule has 2 aliphatic rings. The molecule has 1 aromatic rings. The summed E-state index contributed by atoms with van der Waals surface area (Å²) in [5.41, 5.74) is 3.23. The first-order valence-corrected chi connectivity index (χ1v) is 6.19. The van der Waals surface area contributed by atoms with Crippen LogP contribution in [-0.4, -0.2) is 9.86 Å². The highest BCUT2D eigenvalue weighted by Crippen LogP contribution is 2.43. The van der Waals surface area contributed by atoms with Crippen LogP contribution in [0.1, 0.15) is 15.9 Å². The van der Waals surface area contributed by atoms with E-state index in [0.717, 1.165) is 16.7 Å². The number of allylic oxidation sites excluding steroid dienone is 3. The molecule has 0 saturated carbocycles. The van der Waals surface area contributed by atoms with Gasteiger partial charge in [0.2, 0.25) is 0 Å². The van der Waals surface area contributed by atoms with Gasteiger partial charge >= 0.3 is 0 Å². The Bertz CT molecular complexity index is 606. The van der Waals surface area contributed by atoms with Gasteiger partial charge in [0, 0.05) is 11.1 Å². The Kier molecular flexibility index (Phi) is 2.35. The van der Waals surface area contributed by atoms with Gasteiger partial charge in [0.25, 0.3) is 0 Å². The Balaban J connectivity index is 2.29. The van der Waals surface area contributed by atoms with E-state index in [-0.39, 0.29) is 5.78 Å². The Morgan fingerprint density at radius 3 is 2.71 bits per heavy atom. The van der Waals surface area contributed by atoms with Gasteiger partial charge in [0.1, 0.15) is 0 Å². The number of rotatable bonds is 0. The summed E-state index contributed by atoms with van der Waals surface area (Å²) < 4.78 is -0.673. The second-order valence-electron chi connectivity index (χ2n) is 4.14. The van der Waals surface area contributed by atoms with E-state index in [1.54, 1.807) is 0 Å². The van der Waals surface area contributed by atoms with Gasteiger partial charge in [-0.2, -0.15) is 25.3 Å². The van der Waals surface area contributed by atoms with Gasteiger partial charge in [-0.3, -0.25) is 4.79 Å². The normalized spacial score (nSPS) is 20.2. The van der Waals surface area contributed by atoms with Crippen LogP contribution in [0.4, 0.5) is 0 Å². The zero-order chi connectivity index (χ0) is 12.0. The number of carbonyl (C=O) groups is 1. The Morgan fingerprint density at radius 1 is 1.12 bits per heavy atom. The van der Waals surface area contributed by atoms with Crippen LogP contribution in [-0.2, 0) is 0 Å². The minimum Gasteiger partial charge on any atom is -0.289 e. The van der Waals surface area contributed by atoms with Crippen LogP contribution in [0.2, 0.25) is 0 Å². The number of benzene rings is 1. The molecule has 0 N–H and O–H groups in total. The Morgan fingerprint density at radius 2 is 1.88 bits per heavy atom. The number of carbonyl (C=O) groups excluding carboxylic acids is 1. The standard InChI is InChI=1S/C14H10OS2/c15-13-10-5-2-1-4-9(10)8-12-11(13)6-3-7-14(12,16)17/h1-8,16-17H. The molecule has 1 aromatic carbocycles. The maximum atomic E-state index is 12.3. The van der Waals surface area contributed by atoms with E-state index in [9.17, 15) is 4.79 Å². The molecule has 3 heteroatoms. The summed E-state index contributed by atoms with van der Waals surface area (Å²) in [6, 6.07) is 7.59. The molecule has 0 fully saturated rings. The molecule has 0 atom stereocenters. The van der Waals surface area contributed by atoms with E-state index < -0.39 is 4.08 Å². The molecule has 0 bridgehead atoms. The Labute approximate surface area is 111 Å². The van der Waals surface area contributed by atoms with Crippen molar-refractivity contribution in [3.63, 3.8) is 0 Å². The fraction of sp³-hybridized carbons (Fsp3) is 0.0714. The average molecular weight is 258 g/mol. The van der Waals surface area contributed by atoms with Crippen molar-refractivity contribution >= 4 is 37.1 Å². The molecule has 0 radical (unpaired) electrons. The van der Waals surface area contributed by atoms with Crippen molar-refractivity contribution in [1.29, 1.82) is 0 Å². The first-order valence-electron chi connectivity index (χ1n) is 5.30. The largest absolute Gasteiger partial charge is 0.289 e. The smallest absolute Gasteiger partial charge is 0.193 e. The third-order valence-corrected chi connectivity index (χ3v) is 3.81.